The summed E-state index contributed by atoms with van der Waals surface area (Å²) in [6.45, 7) is 4.57. The summed E-state index contributed by atoms with van der Waals surface area (Å²) in [5.41, 5.74) is 2.54. The summed E-state index contributed by atoms with van der Waals surface area (Å²) in [5.74, 6) is -0.0380. The number of methoxy groups -OCH3 is 1. The number of nitrogens with one attached hydrogen (secondary N) is 1. The van der Waals surface area contributed by atoms with E-state index in [4.69, 9.17) is 4.74 Å². The zero-order valence-electron chi connectivity index (χ0n) is 12.7. The monoisotopic (exact) mass is 287 g/mol. The van der Waals surface area contributed by atoms with Crippen LogP contribution >= 0.6 is 0 Å². The Morgan fingerprint density at radius 3 is 2.71 bits per heavy atom. The normalized spacial score (nSPS) is 13.9. The van der Waals surface area contributed by atoms with E-state index >= 15 is 0 Å². The van der Waals surface area contributed by atoms with E-state index in [9.17, 15) is 4.79 Å². The topological polar surface area (TPSA) is 64.1 Å². The number of carbonyl (C=O) groups is 1. The molecule has 0 amide bonds. The van der Waals surface area contributed by atoms with Gasteiger partial charge in [0.25, 0.3) is 0 Å². The molecule has 0 saturated carbocycles. The van der Waals surface area contributed by atoms with Crippen LogP contribution < -0.4 is 5.32 Å². The number of benzene rings is 1. The second-order valence-electron chi connectivity index (χ2n) is 5.12. The van der Waals surface area contributed by atoms with Crippen molar-refractivity contribution in [1.29, 1.82) is 0 Å². The number of carbonyl (C=O) groups excluding carboxylic acids is 1. The number of ether oxygens (including phenoxy) is 1. The Kier molecular flexibility index (Phi) is 5.22. The first-order valence-corrected chi connectivity index (χ1v) is 7.17. The minimum Gasteiger partial charge on any atom is -0.468 e. The van der Waals surface area contributed by atoms with Gasteiger partial charge < -0.3 is 4.74 Å². The highest BCUT2D eigenvalue weighted by molar-refractivity contribution is 5.76. The first-order chi connectivity index (χ1) is 10.2. The van der Waals surface area contributed by atoms with Crippen molar-refractivity contribution in [3.05, 3.63) is 36.2 Å². The Hall–Kier alpha value is -2.01. The van der Waals surface area contributed by atoms with Crippen molar-refractivity contribution in [1.82, 2.24) is 15.3 Å². The van der Waals surface area contributed by atoms with Crippen molar-refractivity contribution in [2.75, 3.05) is 7.11 Å². The van der Waals surface area contributed by atoms with Crippen molar-refractivity contribution >= 4 is 17.0 Å². The first-order valence-electron chi connectivity index (χ1n) is 7.17. The summed E-state index contributed by atoms with van der Waals surface area (Å²) in [7, 11) is 1.41. The van der Waals surface area contributed by atoms with Crippen molar-refractivity contribution in [2.45, 2.75) is 32.9 Å². The Morgan fingerprint density at radius 2 is 2.05 bits per heavy atom. The summed E-state index contributed by atoms with van der Waals surface area (Å²) in [6, 6.07) is 7.40. The van der Waals surface area contributed by atoms with Gasteiger partial charge in [0.05, 0.1) is 30.0 Å². The number of hydrogen-bond acceptors (Lipinski definition) is 5. The molecule has 0 aliphatic heterocycles. The van der Waals surface area contributed by atoms with Gasteiger partial charge in [-0.1, -0.05) is 32.4 Å². The molecule has 2 atom stereocenters. The molecule has 1 heterocycles. The van der Waals surface area contributed by atoms with Crippen LogP contribution in [0.2, 0.25) is 0 Å². The number of fused-ring (bicyclic) bond motifs is 1. The van der Waals surface area contributed by atoms with Crippen LogP contribution in [0.5, 0.6) is 0 Å². The quantitative estimate of drug-likeness (QED) is 0.826. The van der Waals surface area contributed by atoms with E-state index in [2.05, 4.69) is 22.2 Å². The van der Waals surface area contributed by atoms with E-state index in [1.165, 1.54) is 7.11 Å². The maximum atomic E-state index is 11.8. The summed E-state index contributed by atoms with van der Waals surface area (Å²) in [5, 5.41) is 3.23. The second-order valence-corrected chi connectivity index (χ2v) is 5.12. The third-order valence-corrected chi connectivity index (χ3v) is 3.67. The third-order valence-electron chi connectivity index (χ3n) is 3.67. The number of para-hydroxylation sites is 2. The molecule has 0 radical (unpaired) electrons. The molecule has 2 rings (SSSR count). The second kappa shape index (κ2) is 7.13. The smallest absolute Gasteiger partial charge is 0.323 e. The summed E-state index contributed by atoms with van der Waals surface area (Å²) in [4.78, 5) is 20.7. The van der Waals surface area contributed by atoms with Gasteiger partial charge in [0.1, 0.15) is 6.04 Å². The van der Waals surface area contributed by atoms with E-state index in [0.717, 1.165) is 23.1 Å². The van der Waals surface area contributed by atoms with Gasteiger partial charge >= 0.3 is 5.97 Å². The third kappa shape index (κ3) is 3.76. The maximum absolute atomic E-state index is 11.8. The van der Waals surface area contributed by atoms with E-state index < -0.39 is 0 Å². The lowest BCUT2D eigenvalue weighted by molar-refractivity contribution is -0.144. The van der Waals surface area contributed by atoms with Gasteiger partial charge in [-0.05, 0) is 18.1 Å². The van der Waals surface area contributed by atoms with Crippen LogP contribution in [0.1, 0.15) is 26.0 Å². The van der Waals surface area contributed by atoms with Crippen LogP contribution in [0.15, 0.2) is 30.5 Å². The van der Waals surface area contributed by atoms with Crippen LogP contribution in [-0.4, -0.2) is 29.1 Å². The standard InChI is InChI=1S/C16H21N3O2/c1-4-11(2)15(16(20)21-3)18-10-12-9-17-13-7-5-6-8-14(13)19-12/h5-9,11,15,18H,4,10H2,1-3H3. The highest BCUT2D eigenvalue weighted by atomic mass is 16.5. The number of nitrogens with zero attached hydrogens (tertiary/aromatic N) is 2. The van der Waals surface area contributed by atoms with Gasteiger partial charge in [-0.25, -0.2) is 4.98 Å². The molecule has 21 heavy (non-hydrogen) atoms. The Labute approximate surface area is 124 Å². The van der Waals surface area contributed by atoms with Crippen LogP contribution in [0, 0.1) is 5.92 Å². The highest BCUT2D eigenvalue weighted by Crippen LogP contribution is 2.11. The maximum Gasteiger partial charge on any atom is 0.323 e. The predicted octanol–water partition coefficient (Wildman–Crippen LogP) is 2.31. The van der Waals surface area contributed by atoms with Gasteiger partial charge in [-0.2, -0.15) is 0 Å². The van der Waals surface area contributed by atoms with Crippen LogP contribution in [-0.2, 0) is 16.1 Å². The molecular weight excluding hydrogens is 266 g/mol. The molecule has 2 aromatic rings. The fraction of sp³-hybridized carbons (Fsp3) is 0.438. The SMILES string of the molecule is CCC(C)C(NCc1cnc2ccccc2n1)C(=O)OC. The molecule has 0 aliphatic carbocycles. The summed E-state index contributed by atoms with van der Waals surface area (Å²) < 4.78 is 4.86. The van der Waals surface area contributed by atoms with Crippen LogP contribution in [0.25, 0.3) is 11.0 Å². The average molecular weight is 287 g/mol. The Balaban J connectivity index is 2.09. The molecule has 0 bridgehead atoms. The molecule has 5 heteroatoms. The summed E-state index contributed by atoms with van der Waals surface area (Å²) in [6.07, 6.45) is 2.64. The van der Waals surface area contributed by atoms with Gasteiger partial charge in [0, 0.05) is 6.54 Å². The van der Waals surface area contributed by atoms with Gasteiger partial charge in [0.2, 0.25) is 0 Å². The van der Waals surface area contributed by atoms with Crippen molar-refractivity contribution < 1.29 is 9.53 Å². The highest BCUT2D eigenvalue weighted by Gasteiger charge is 2.24. The van der Waals surface area contributed by atoms with Crippen LogP contribution in [0.3, 0.4) is 0 Å². The van der Waals surface area contributed by atoms with Gasteiger partial charge in [0.15, 0.2) is 0 Å². The molecule has 0 saturated heterocycles. The predicted molar refractivity (Wildman–Crippen MR) is 81.6 cm³/mol. The lowest BCUT2D eigenvalue weighted by atomic mass is 9.99. The zero-order chi connectivity index (χ0) is 15.2. The zero-order valence-corrected chi connectivity index (χ0v) is 12.7. The first kappa shape index (κ1) is 15.4. The number of esters is 1. The molecule has 1 aromatic heterocycles. The molecule has 1 aromatic carbocycles. The lowest BCUT2D eigenvalue weighted by Crippen LogP contribution is -2.42. The minimum atomic E-state index is -0.326. The van der Waals surface area contributed by atoms with Gasteiger partial charge in [-0.3, -0.25) is 15.1 Å². The van der Waals surface area contributed by atoms with Crippen molar-refractivity contribution in [3.63, 3.8) is 0 Å². The minimum absolute atomic E-state index is 0.200. The van der Waals surface area contributed by atoms with E-state index in [1.807, 2.05) is 31.2 Å². The molecule has 2 unspecified atom stereocenters. The number of aromatic nitrogens is 2. The molecule has 0 spiro atoms. The molecule has 112 valence electrons. The molecule has 5 nitrogen and oxygen atoms in total. The molecule has 0 fully saturated rings. The molecule has 1 N–H and O–H groups in total. The Morgan fingerprint density at radius 1 is 1.33 bits per heavy atom. The van der Waals surface area contributed by atoms with Crippen LogP contribution in [0.4, 0.5) is 0 Å². The molecule has 0 aliphatic rings. The van der Waals surface area contributed by atoms with Crippen molar-refractivity contribution in [2.24, 2.45) is 5.92 Å². The average Bonchev–Trinajstić information content (AvgIpc) is 2.54. The fourth-order valence-electron chi connectivity index (χ4n) is 2.17. The molecular formula is C16H21N3O2. The largest absolute Gasteiger partial charge is 0.468 e. The van der Waals surface area contributed by atoms with E-state index in [1.54, 1.807) is 6.20 Å². The Bertz CT molecular complexity index is 615. The van der Waals surface area contributed by atoms with E-state index in [0.29, 0.717) is 6.54 Å². The number of hydrogen-bond donors (Lipinski definition) is 1. The van der Waals surface area contributed by atoms with E-state index in [-0.39, 0.29) is 17.9 Å². The van der Waals surface area contributed by atoms with Crippen molar-refractivity contribution in [3.8, 4) is 0 Å². The number of rotatable bonds is 6. The lowest BCUT2D eigenvalue weighted by Gasteiger charge is -2.21. The fourth-order valence-corrected chi connectivity index (χ4v) is 2.17. The van der Waals surface area contributed by atoms with Gasteiger partial charge in [-0.15, -0.1) is 0 Å². The summed E-state index contributed by atoms with van der Waals surface area (Å²) >= 11 is 0.